The molecule has 0 aliphatic carbocycles. The highest BCUT2D eigenvalue weighted by Gasteiger charge is 2.25. The molecule has 0 aromatic heterocycles. The fraction of sp³-hybridized carbons (Fsp3) is 0.333. The van der Waals surface area contributed by atoms with E-state index in [0.29, 0.717) is 0 Å². The van der Waals surface area contributed by atoms with Crippen LogP contribution in [0.3, 0.4) is 0 Å². The molecule has 3 rings (SSSR count). The SMILES string of the molecule is CC(C)(Cl)CN1c2ccccc2CCc2ccccc21. The van der Waals surface area contributed by atoms with E-state index in [1.807, 2.05) is 0 Å². The molecule has 20 heavy (non-hydrogen) atoms. The van der Waals surface area contributed by atoms with Gasteiger partial charge in [-0.15, -0.1) is 11.6 Å². The minimum absolute atomic E-state index is 0.259. The van der Waals surface area contributed by atoms with E-state index in [2.05, 4.69) is 67.3 Å². The largest absolute Gasteiger partial charge is 0.339 e. The van der Waals surface area contributed by atoms with Crippen LogP contribution in [0.4, 0.5) is 11.4 Å². The molecule has 1 nitrogen and oxygen atoms in total. The Morgan fingerprint density at radius 3 is 1.80 bits per heavy atom. The van der Waals surface area contributed by atoms with Crippen molar-refractivity contribution in [1.82, 2.24) is 0 Å². The number of para-hydroxylation sites is 2. The second-order valence-corrected chi connectivity index (χ2v) is 7.09. The first kappa shape index (κ1) is 13.5. The molecule has 1 heterocycles. The normalized spacial score (nSPS) is 14.4. The van der Waals surface area contributed by atoms with Crippen molar-refractivity contribution < 1.29 is 0 Å². The first-order valence-electron chi connectivity index (χ1n) is 7.17. The summed E-state index contributed by atoms with van der Waals surface area (Å²) in [4.78, 5) is 2.12. The van der Waals surface area contributed by atoms with Crippen molar-refractivity contribution in [1.29, 1.82) is 0 Å². The van der Waals surface area contributed by atoms with Crippen LogP contribution in [0.15, 0.2) is 48.5 Å². The van der Waals surface area contributed by atoms with Crippen LogP contribution in [0, 0.1) is 0 Å². The van der Waals surface area contributed by atoms with Crippen molar-refractivity contribution in [3.8, 4) is 0 Å². The summed E-state index contributed by atoms with van der Waals surface area (Å²) < 4.78 is 0. The van der Waals surface area contributed by atoms with E-state index in [-0.39, 0.29) is 4.87 Å². The molecule has 2 aromatic carbocycles. The highest BCUT2D eigenvalue weighted by atomic mass is 35.5. The average Bonchev–Trinajstić information content (AvgIpc) is 2.56. The number of alkyl halides is 1. The molecule has 0 unspecified atom stereocenters. The topological polar surface area (TPSA) is 3.24 Å². The third-order valence-electron chi connectivity index (χ3n) is 3.76. The molecular weight excluding hydrogens is 266 g/mol. The summed E-state index contributed by atoms with van der Waals surface area (Å²) in [6, 6.07) is 17.4. The summed E-state index contributed by atoms with van der Waals surface area (Å²) in [7, 11) is 0. The van der Waals surface area contributed by atoms with Crippen molar-refractivity contribution in [2.75, 3.05) is 11.4 Å². The lowest BCUT2D eigenvalue weighted by Crippen LogP contribution is -2.32. The fourth-order valence-corrected chi connectivity index (χ4v) is 3.04. The molecule has 0 fully saturated rings. The molecule has 0 saturated heterocycles. The molecule has 0 spiro atoms. The Balaban J connectivity index is 2.14. The number of benzene rings is 2. The lowest BCUT2D eigenvalue weighted by molar-refractivity contribution is 0.694. The summed E-state index contributed by atoms with van der Waals surface area (Å²) in [5.41, 5.74) is 5.41. The Morgan fingerprint density at radius 2 is 1.35 bits per heavy atom. The summed E-state index contributed by atoms with van der Waals surface area (Å²) in [5, 5.41) is 0. The molecular formula is C18H20ClN. The van der Waals surface area contributed by atoms with Crippen molar-refractivity contribution in [2.24, 2.45) is 0 Å². The van der Waals surface area contributed by atoms with Gasteiger partial charge in [-0.3, -0.25) is 0 Å². The van der Waals surface area contributed by atoms with E-state index in [4.69, 9.17) is 11.6 Å². The van der Waals surface area contributed by atoms with Gasteiger partial charge in [0.25, 0.3) is 0 Å². The van der Waals surface area contributed by atoms with Crippen LogP contribution in [0.1, 0.15) is 25.0 Å². The van der Waals surface area contributed by atoms with Gasteiger partial charge in [0, 0.05) is 17.9 Å². The van der Waals surface area contributed by atoms with Gasteiger partial charge in [-0.25, -0.2) is 0 Å². The summed E-state index contributed by atoms with van der Waals surface area (Å²) in [6.45, 7) is 4.96. The van der Waals surface area contributed by atoms with Crippen LogP contribution in [0.25, 0.3) is 0 Å². The van der Waals surface area contributed by atoms with Crippen LogP contribution in [-0.2, 0) is 12.8 Å². The van der Waals surface area contributed by atoms with Gasteiger partial charge in [0.05, 0.1) is 4.87 Å². The number of aryl methyl sites for hydroxylation is 2. The Labute approximate surface area is 126 Å². The molecule has 2 heteroatoms. The molecule has 1 aliphatic rings. The first-order valence-corrected chi connectivity index (χ1v) is 7.55. The number of halogens is 1. The number of hydrogen-bond acceptors (Lipinski definition) is 1. The molecule has 2 aromatic rings. The molecule has 104 valence electrons. The summed E-state index contributed by atoms with van der Waals surface area (Å²) in [6.07, 6.45) is 2.18. The van der Waals surface area contributed by atoms with E-state index >= 15 is 0 Å². The van der Waals surface area contributed by atoms with Crippen LogP contribution in [-0.4, -0.2) is 11.4 Å². The van der Waals surface area contributed by atoms with Crippen LogP contribution in [0.2, 0.25) is 0 Å². The van der Waals surface area contributed by atoms with Gasteiger partial charge >= 0.3 is 0 Å². The Hall–Kier alpha value is -1.47. The standard InChI is InChI=1S/C18H20ClN/c1-18(2,19)13-20-16-9-5-3-7-14(16)11-12-15-8-4-6-10-17(15)20/h3-10H,11-13H2,1-2H3. The third kappa shape index (κ3) is 2.69. The predicted molar refractivity (Wildman–Crippen MR) is 87.2 cm³/mol. The van der Waals surface area contributed by atoms with Gasteiger partial charge in [0.15, 0.2) is 0 Å². The molecule has 0 amide bonds. The second kappa shape index (κ2) is 5.14. The van der Waals surface area contributed by atoms with Crippen LogP contribution >= 0.6 is 11.6 Å². The Morgan fingerprint density at radius 1 is 0.900 bits per heavy atom. The maximum atomic E-state index is 6.51. The molecule has 0 atom stereocenters. The minimum atomic E-state index is -0.259. The monoisotopic (exact) mass is 285 g/mol. The lowest BCUT2D eigenvalue weighted by Gasteiger charge is -2.32. The quantitative estimate of drug-likeness (QED) is 0.706. The molecule has 0 N–H and O–H groups in total. The zero-order valence-electron chi connectivity index (χ0n) is 12.1. The number of hydrogen-bond donors (Lipinski definition) is 0. The van der Waals surface area contributed by atoms with Gasteiger partial charge in [0.2, 0.25) is 0 Å². The maximum Gasteiger partial charge on any atom is 0.0569 e. The predicted octanol–water partition coefficient (Wildman–Crippen LogP) is 4.94. The first-order chi connectivity index (χ1) is 9.54. The van der Waals surface area contributed by atoms with Gasteiger partial charge in [-0.1, -0.05) is 36.4 Å². The summed E-state index contributed by atoms with van der Waals surface area (Å²) in [5.74, 6) is 0. The summed E-state index contributed by atoms with van der Waals surface area (Å²) >= 11 is 6.51. The van der Waals surface area contributed by atoms with E-state index in [1.54, 1.807) is 0 Å². The van der Waals surface area contributed by atoms with E-state index in [1.165, 1.54) is 22.5 Å². The smallest absolute Gasteiger partial charge is 0.0569 e. The minimum Gasteiger partial charge on any atom is -0.339 e. The van der Waals surface area contributed by atoms with E-state index in [9.17, 15) is 0 Å². The third-order valence-corrected chi connectivity index (χ3v) is 3.88. The molecule has 1 aliphatic heterocycles. The zero-order valence-corrected chi connectivity index (χ0v) is 12.8. The van der Waals surface area contributed by atoms with Crippen molar-refractivity contribution in [3.05, 3.63) is 59.7 Å². The Kier molecular flexibility index (Phi) is 3.47. The molecule has 0 saturated carbocycles. The number of fused-ring (bicyclic) bond motifs is 2. The van der Waals surface area contributed by atoms with Crippen LogP contribution < -0.4 is 4.90 Å². The number of rotatable bonds is 2. The molecule has 0 bridgehead atoms. The average molecular weight is 286 g/mol. The zero-order chi connectivity index (χ0) is 14.2. The van der Waals surface area contributed by atoms with Crippen molar-refractivity contribution in [3.63, 3.8) is 0 Å². The maximum absolute atomic E-state index is 6.51. The fourth-order valence-electron chi connectivity index (χ4n) is 2.92. The second-order valence-electron chi connectivity index (χ2n) is 6.06. The molecule has 0 radical (unpaired) electrons. The van der Waals surface area contributed by atoms with Crippen molar-refractivity contribution in [2.45, 2.75) is 31.6 Å². The number of nitrogens with zero attached hydrogens (tertiary/aromatic N) is 1. The van der Waals surface area contributed by atoms with E-state index < -0.39 is 0 Å². The van der Waals surface area contributed by atoms with Gasteiger partial charge < -0.3 is 4.90 Å². The van der Waals surface area contributed by atoms with Crippen LogP contribution in [0.5, 0.6) is 0 Å². The lowest BCUT2D eigenvalue weighted by atomic mass is 10.0. The number of anilines is 2. The van der Waals surface area contributed by atoms with Gasteiger partial charge in [0.1, 0.15) is 0 Å². The van der Waals surface area contributed by atoms with Gasteiger partial charge in [-0.05, 0) is 49.9 Å². The highest BCUT2D eigenvalue weighted by molar-refractivity contribution is 6.23. The highest BCUT2D eigenvalue weighted by Crippen LogP contribution is 2.37. The van der Waals surface area contributed by atoms with E-state index in [0.717, 1.165) is 19.4 Å². The van der Waals surface area contributed by atoms with Crippen molar-refractivity contribution >= 4 is 23.0 Å². The Bertz CT molecular complexity index is 565. The van der Waals surface area contributed by atoms with Gasteiger partial charge in [-0.2, -0.15) is 0 Å².